The summed E-state index contributed by atoms with van der Waals surface area (Å²) >= 11 is 0. The van der Waals surface area contributed by atoms with E-state index >= 15 is 0 Å². The highest BCUT2D eigenvalue weighted by Crippen LogP contribution is 2.37. The number of allylic oxidation sites excluding steroid dienone is 3. The SMILES string of the molecule is CCCCCOC1=CC[C@H](C(c2c(C)[nH]n(-c3ccccc3)c2=O)c2c(C)[nH]n(-c3ccccc3)c2=O)C=C1. The summed E-state index contributed by atoms with van der Waals surface area (Å²) in [6.07, 6.45) is 10.1. The maximum atomic E-state index is 14.0. The first-order valence-corrected chi connectivity index (χ1v) is 13.7. The van der Waals surface area contributed by atoms with E-state index in [1.54, 1.807) is 9.36 Å². The Hall–Kier alpha value is -4.26. The molecule has 0 fully saturated rings. The Morgan fingerprint density at radius 2 is 1.38 bits per heavy atom. The number of rotatable bonds is 10. The van der Waals surface area contributed by atoms with Crippen LogP contribution in [0.3, 0.4) is 0 Å². The van der Waals surface area contributed by atoms with Crippen LogP contribution in [-0.2, 0) is 4.74 Å². The lowest BCUT2D eigenvalue weighted by Crippen LogP contribution is -2.28. The molecule has 4 aromatic rings. The molecule has 0 radical (unpaired) electrons. The summed E-state index contributed by atoms with van der Waals surface area (Å²) in [6.45, 7) is 6.68. The molecule has 1 aliphatic carbocycles. The van der Waals surface area contributed by atoms with E-state index in [4.69, 9.17) is 4.74 Å². The molecule has 202 valence electrons. The van der Waals surface area contributed by atoms with Crippen molar-refractivity contribution in [2.24, 2.45) is 5.92 Å². The van der Waals surface area contributed by atoms with Gasteiger partial charge in [0.25, 0.3) is 11.1 Å². The Kier molecular flexibility index (Phi) is 7.87. The van der Waals surface area contributed by atoms with Gasteiger partial charge in [0.05, 0.1) is 18.0 Å². The summed E-state index contributed by atoms with van der Waals surface area (Å²) in [6, 6.07) is 19.0. The molecule has 0 amide bonds. The lowest BCUT2D eigenvalue weighted by Gasteiger charge is -2.25. The van der Waals surface area contributed by atoms with Gasteiger partial charge in [-0.3, -0.25) is 19.8 Å². The zero-order valence-electron chi connectivity index (χ0n) is 22.8. The number of hydrogen-bond acceptors (Lipinski definition) is 3. The second-order valence-electron chi connectivity index (χ2n) is 10.2. The molecule has 7 heteroatoms. The van der Waals surface area contributed by atoms with Crippen LogP contribution in [0, 0.1) is 19.8 Å². The third-order valence-corrected chi connectivity index (χ3v) is 7.43. The molecule has 1 aliphatic rings. The first kappa shape index (κ1) is 26.4. The lowest BCUT2D eigenvalue weighted by molar-refractivity contribution is 0.214. The summed E-state index contributed by atoms with van der Waals surface area (Å²) < 4.78 is 9.11. The molecule has 2 aromatic heterocycles. The highest BCUT2D eigenvalue weighted by Gasteiger charge is 2.34. The maximum Gasteiger partial charge on any atom is 0.275 e. The van der Waals surface area contributed by atoms with Crippen LogP contribution in [-0.4, -0.2) is 26.2 Å². The fraction of sp³-hybridized carbons (Fsp3) is 0.312. The highest BCUT2D eigenvalue weighted by atomic mass is 16.5. The summed E-state index contributed by atoms with van der Waals surface area (Å²) in [5.41, 5.74) is 3.93. The summed E-state index contributed by atoms with van der Waals surface area (Å²) in [4.78, 5) is 27.9. The summed E-state index contributed by atoms with van der Waals surface area (Å²) in [5, 5.41) is 6.53. The number of aromatic nitrogens is 4. The van der Waals surface area contributed by atoms with Gasteiger partial charge in [-0.25, -0.2) is 9.36 Å². The molecule has 0 aliphatic heterocycles. The molecule has 5 rings (SSSR count). The van der Waals surface area contributed by atoms with Gasteiger partial charge in [-0.2, -0.15) is 0 Å². The van der Waals surface area contributed by atoms with E-state index < -0.39 is 5.92 Å². The average molecular weight is 525 g/mol. The molecule has 0 bridgehead atoms. The van der Waals surface area contributed by atoms with Gasteiger partial charge < -0.3 is 4.74 Å². The molecule has 2 heterocycles. The molecule has 1 atom stereocenters. The van der Waals surface area contributed by atoms with Crippen molar-refractivity contribution < 1.29 is 4.74 Å². The fourth-order valence-electron chi connectivity index (χ4n) is 5.46. The minimum atomic E-state index is -0.443. The van der Waals surface area contributed by atoms with E-state index in [2.05, 4.69) is 29.3 Å². The number of nitrogens with zero attached hydrogens (tertiary/aromatic N) is 2. The van der Waals surface area contributed by atoms with Crippen molar-refractivity contribution >= 4 is 0 Å². The second kappa shape index (κ2) is 11.6. The van der Waals surface area contributed by atoms with Crippen LogP contribution in [0.15, 0.2) is 94.2 Å². The van der Waals surface area contributed by atoms with E-state index in [1.807, 2.05) is 80.6 Å². The van der Waals surface area contributed by atoms with Crippen LogP contribution in [0.25, 0.3) is 11.4 Å². The van der Waals surface area contributed by atoms with Crippen LogP contribution in [0.2, 0.25) is 0 Å². The second-order valence-corrected chi connectivity index (χ2v) is 10.2. The molecule has 0 unspecified atom stereocenters. The molecule has 0 saturated heterocycles. The first-order valence-electron chi connectivity index (χ1n) is 13.7. The van der Waals surface area contributed by atoms with E-state index in [9.17, 15) is 9.59 Å². The van der Waals surface area contributed by atoms with E-state index in [0.29, 0.717) is 24.2 Å². The number of H-pyrrole nitrogens is 2. The van der Waals surface area contributed by atoms with Crippen LogP contribution in [0.4, 0.5) is 0 Å². The number of para-hydroxylation sites is 2. The molecular weight excluding hydrogens is 488 g/mol. The van der Waals surface area contributed by atoms with E-state index in [0.717, 1.165) is 47.8 Å². The fourth-order valence-corrected chi connectivity index (χ4v) is 5.46. The average Bonchev–Trinajstić information content (AvgIpc) is 3.43. The molecule has 2 aromatic carbocycles. The molecule has 0 saturated carbocycles. The normalized spacial score (nSPS) is 15.1. The number of ether oxygens (including phenoxy) is 1. The van der Waals surface area contributed by atoms with Crippen LogP contribution < -0.4 is 11.1 Å². The molecule has 2 N–H and O–H groups in total. The molecule has 7 nitrogen and oxygen atoms in total. The van der Waals surface area contributed by atoms with Gasteiger partial charge in [-0.1, -0.05) is 62.2 Å². The predicted molar refractivity (Wildman–Crippen MR) is 155 cm³/mol. The van der Waals surface area contributed by atoms with Gasteiger partial charge >= 0.3 is 0 Å². The zero-order chi connectivity index (χ0) is 27.4. The van der Waals surface area contributed by atoms with Crippen molar-refractivity contribution in [1.29, 1.82) is 0 Å². The molecule has 0 spiro atoms. The monoisotopic (exact) mass is 524 g/mol. The van der Waals surface area contributed by atoms with Gasteiger partial charge in [-0.15, -0.1) is 0 Å². The first-order chi connectivity index (χ1) is 19.0. The number of benzene rings is 2. The third kappa shape index (κ3) is 5.35. The van der Waals surface area contributed by atoms with Crippen molar-refractivity contribution in [3.63, 3.8) is 0 Å². The number of hydrogen-bond donors (Lipinski definition) is 2. The number of unbranched alkanes of at least 4 members (excludes halogenated alkanes) is 2. The minimum absolute atomic E-state index is 0.0918. The van der Waals surface area contributed by atoms with Crippen LogP contribution in [0.1, 0.15) is 61.0 Å². The van der Waals surface area contributed by atoms with Gasteiger partial charge in [0.1, 0.15) is 5.76 Å². The van der Waals surface area contributed by atoms with Crippen molar-refractivity contribution in [3.8, 4) is 11.4 Å². The Balaban J connectivity index is 1.58. The van der Waals surface area contributed by atoms with E-state index in [1.165, 1.54) is 0 Å². The summed E-state index contributed by atoms with van der Waals surface area (Å²) in [5.74, 6) is 0.313. The smallest absolute Gasteiger partial charge is 0.275 e. The minimum Gasteiger partial charge on any atom is -0.494 e. The Bertz CT molecular complexity index is 1490. The van der Waals surface area contributed by atoms with Crippen molar-refractivity contribution in [3.05, 3.63) is 128 Å². The van der Waals surface area contributed by atoms with Gasteiger partial charge in [0.15, 0.2) is 0 Å². The van der Waals surface area contributed by atoms with Crippen LogP contribution in [0.5, 0.6) is 0 Å². The molecular formula is C32H36N4O3. The number of aryl methyl sites for hydroxylation is 2. The standard InChI is InChI=1S/C32H36N4O3/c1-4-5-12-21-39-27-19-17-24(18-20-27)30(28-22(2)33-35(31(28)37)25-13-8-6-9-14-25)29-23(3)34-36(32(29)38)26-15-10-7-11-16-26/h6-11,13-17,19-20,24,30,33-34H,4-5,12,18,21H2,1-3H3/t24-/m1/s1. The van der Waals surface area contributed by atoms with Crippen molar-refractivity contribution in [2.75, 3.05) is 6.61 Å². The van der Waals surface area contributed by atoms with Crippen LogP contribution >= 0.6 is 0 Å². The maximum absolute atomic E-state index is 14.0. The topological polar surface area (TPSA) is 84.8 Å². The van der Waals surface area contributed by atoms with Gasteiger partial charge in [0, 0.05) is 28.4 Å². The van der Waals surface area contributed by atoms with Crippen molar-refractivity contribution in [1.82, 2.24) is 19.6 Å². The van der Waals surface area contributed by atoms with Gasteiger partial charge in [-0.05, 0) is 69.0 Å². The third-order valence-electron chi connectivity index (χ3n) is 7.43. The largest absolute Gasteiger partial charge is 0.494 e. The Labute approximate surface area is 228 Å². The Morgan fingerprint density at radius 3 is 1.85 bits per heavy atom. The quantitative estimate of drug-likeness (QED) is 0.247. The highest BCUT2D eigenvalue weighted by molar-refractivity contribution is 5.43. The number of nitrogens with one attached hydrogen (secondary N) is 2. The molecule has 39 heavy (non-hydrogen) atoms. The zero-order valence-corrected chi connectivity index (χ0v) is 22.8. The summed E-state index contributed by atoms with van der Waals surface area (Å²) in [7, 11) is 0. The van der Waals surface area contributed by atoms with Crippen molar-refractivity contribution in [2.45, 2.75) is 52.4 Å². The Morgan fingerprint density at radius 1 is 0.846 bits per heavy atom. The van der Waals surface area contributed by atoms with Gasteiger partial charge in [0.2, 0.25) is 0 Å². The predicted octanol–water partition coefficient (Wildman–Crippen LogP) is 6.06. The van der Waals surface area contributed by atoms with E-state index in [-0.39, 0.29) is 17.0 Å². The lowest BCUT2D eigenvalue weighted by atomic mass is 9.77. The number of aromatic amines is 2.